The van der Waals surface area contributed by atoms with Gasteiger partial charge in [-0.05, 0) is 49.9 Å². The van der Waals surface area contributed by atoms with E-state index in [9.17, 15) is 4.79 Å². The maximum Gasteiger partial charge on any atom is 0.309 e. The van der Waals surface area contributed by atoms with Crippen LogP contribution in [0, 0.1) is 29.6 Å². The second kappa shape index (κ2) is 2.49. The molecule has 2 nitrogen and oxygen atoms in total. The van der Waals surface area contributed by atoms with Crippen molar-refractivity contribution in [1.82, 2.24) is 0 Å². The maximum atomic E-state index is 11.5. The average molecular weight is 180 g/mol. The predicted molar refractivity (Wildman–Crippen MR) is 47.9 cm³/mol. The number of fused-ring (bicyclic) bond motifs is 5. The first-order valence-corrected chi connectivity index (χ1v) is 5.49. The first kappa shape index (κ1) is 7.84. The molecular weight excluding hydrogens is 164 g/mol. The SMILES string of the molecule is CCOC(=O)C1[C@@H]2[C@H]3CC[C@@H](C3)[C@H]12. The molecular formula is C11H16O2. The average Bonchev–Trinajstić information content (AvgIpc) is 2.57. The van der Waals surface area contributed by atoms with Crippen LogP contribution in [0.1, 0.15) is 26.2 Å². The summed E-state index contributed by atoms with van der Waals surface area (Å²) in [4.78, 5) is 11.5. The molecule has 0 spiro atoms. The Labute approximate surface area is 78.6 Å². The lowest BCUT2D eigenvalue weighted by atomic mass is 10.0. The second-order valence-corrected chi connectivity index (χ2v) is 4.77. The number of hydrogen-bond acceptors (Lipinski definition) is 2. The Kier molecular flexibility index (Phi) is 1.50. The topological polar surface area (TPSA) is 26.3 Å². The van der Waals surface area contributed by atoms with Gasteiger partial charge in [-0.3, -0.25) is 4.79 Å². The molecule has 13 heavy (non-hydrogen) atoms. The van der Waals surface area contributed by atoms with Crippen LogP contribution in [-0.4, -0.2) is 12.6 Å². The number of hydrogen-bond donors (Lipinski definition) is 0. The zero-order valence-corrected chi connectivity index (χ0v) is 8.03. The zero-order valence-electron chi connectivity index (χ0n) is 8.03. The Morgan fingerprint density at radius 2 is 1.92 bits per heavy atom. The van der Waals surface area contributed by atoms with Crippen molar-refractivity contribution < 1.29 is 9.53 Å². The van der Waals surface area contributed by atoms with Crippen molar-refractivity contribution in [2.75, 3.05) is 6.61 Å². The molecule has 0 amide bonds. The fourth-order valence-corrected chi connectivity index (χ4v) is 3.88. The third-order valence-electron chi connectivity index (χ3n) is 4.29. The van der Waals surface area contributed by atoms with E-state index in [0.717, 1.165) is 23.7 Å². The summed E-state index contributed by atoms with van der Waals surface area (Å²) in [6.45, 7) is 2.44. The van der Waals surface area contributed by atoms with Crippen molar-refractivity contribution in [3.63, 3.8) is 0 Å². The highest BCUT2D eigenvalue weighted by atomic mass is 16.5. The highest BCUT2D eigenvalue weighted by Crippen LogP contribution is 2.69. The molecule has 0 aromatic heterocycles. The monoisotopic (exact) mass is 180 g/mol. The minimum absolute atomic E-state index is 0.0918. The van der Waals surface area contributed by atoms with Crippen molar-refractivity contribution in [3.8, 4) is 0 Å². The third kappa shape index (κ3) is 0.918. The van der Waals surface area contributed by atoms with Gasteiger partial charge in [0.05, 0.1) is 12.5 Å². The van der Waals surface area contributed by atoms with Crippen LogP contribution in [0.5, 0.6) is 0 Å². The fraction of sp³-hybridized carbons (Fsp3) is 0.909. The largest absolute Gasteiger partial charge is 0.466 e. The van der Waals surface area contributed by atoms with Gasteiger partial charge in [0.1, 0.15) is 0 Å². The van der Waals surface area contributed by atoms with Gasteiger partial charge in [0.2, 0.25) is 0 Å². The Hall–Kier alpha value is -0.530. The van der Waals surface area contributed by atoms with E-state index < -0.39 is 0 Å². The van der Waals surface area contributed by atoms with Crippen LogP contribution in [0.25, 0.3) is 0 Å². The lowest BCUT2D eigenvalue weighted by Crippen LogP contribution is -2.12. The van der Waals surface area contributed by atoms with Crippen molar-refractivity contribution >= 4 is 5.97 Å². The van der Waals surface area contributed by atoms with Gasteiger partial charge in [-0.2, -0.15) is 0 Å². The van der Waals surface area contributed by atoms with Gasteiger partial charge in [0.25, 0.3) is 0 Å². The van der Waals surface area contributed by atoms with E-state index in [0.29, 0.717) is 12.5 Å². The van der Waals surface area contributed by atoms with Crippen LogP contribution in [-0.2, 0) is 9.53 Å². The van der Waals surface area contributed by atoms with E-state index in [4.69, 9.17) is 4.74 Å². The van der Waals surface area contributed by atoms with Crippen LogP contribution >= 0.6 is 0 Å². The quantitative estimate of drug-likeness (QED) is 0.606. The molecule has 5 atom stereocenters. The molecule has 2 heteroatoms. The number of carbonyl (C=O) groups excluding carboxylic acids is 1. The van der Waals surface area contributed by atoms with Crippen molar-refractivity contribution in [2.45, 2.75) is 26.2 Å². The fourth-order valence-electron chi connectivity index (χ4n) is 3.88. The Morgan fingerprint density at radius 1 is 1.31 bits per heavy atom. The molecule has 0 aromatic rings. The van der Waals surface area contributed by atoms with Crippen molar-refractivity contribution in [1.29, 1.82) is 0 Å². The van der Waals surface area contributed by atoms with Gasteiger partial charge in [-0.1, -0.05) is 0 Å². The third-order valence-corrected chi connectivity index (χ3v) is 4.29. The molecule has 1 unspecified atom stereocenters. The summed E-state index contributed by atoms with van der Waals surface area (Å²) in [5, 5.41) is 0. The summed E-state index contributed by atoms with van der Waals surface area (Å²) in [7, 11) is 0. The highest BCUT2D eigenvalue weighted by Gasteiger charge is 2.68. The van der Waals surface area contributed by atoms with Crippen molar-refractivity contribution in [3.05, 3.63) is 0 Å². The Morgan fingerprint density at radius 3 is 2.46 bits per heavy atom. The van der Waals surface area contributed by atoms with E-state index >= 15 is 0 Å². The van der Waals surface area contributed by atoms with E-state index in [1.165, 1.54) is 19.3 Å². The minimum Gasteiger partial charge on any atom is -0.466 e. The van der Waals surface area contributed by atoms with Gasteiger partial charge in [0.15, 0.2) is 0 Å². The van der Waals surface area contributed by atoms with E-state index in [1.807, 2.05) is 6.92 Å². The molecule has 3 fully saturated rings. The first-order valence-electron chi connectivity index (χ1n) is 5.49. The first-order chi connectivity index (χ1) is 6.33. The molecule has 0 aromatic carbocycles. The maximum absolute atomic E-state index is 11.5. The summed E-state index contributed by atoms with van der Waals surface area (Å²) in [5.41, 5.74) is 0. The van der Waals surface area contributed by atoms with E-state index in [-0.39, 0.29) is 5.97 Å². The summed E-state index contributed by atoms with van der Waals surface area (Å²) < 4.78 is 5.09. The van der Waals surface area contributed by atoms with Crippen LogP contribution in [0.15, 0.2) is 0 Å². The highest BCUT2D eigenvalue weighted by molar-refractivity contribution is 5.77. The number of ether oxygens (including phenoxy) is 1. The smallest absolute Gasteiger partial charge is 0.309 e. The number of rotatable bonds is 2. The molecule has 3 aliphatic carbocycles. The second-order valence-electron chi connectivity index (χ2n) is 4.77. The van der Waals surface area contributed by atoms with Crippen LogP contribution in [0.3, 0.4) is 0 Å². The molecule has 0 N–H and O–H groups in total. The molecule has 0 aliphatic heterocycles. The van der Waals surface area contributed by atoms with Crippen molar-refractivity contribution in [2.24, 2.45) is 29.6 Å². The molecule has 3 rings (SSSR count). The van der Waals surface area contributed by atoms with Crippen LogP contribution < -0.4 is 0 Å². The number of esters is 1. The lowest BCUT2D eigenvalue weighted by Gasteiger charge is -2.07. The normalized spacial score (nSPS) is 50.4. The molecule has 72 valence electrons. The zero-order chi connectivity index (χ0) is 9.00. The van der Waals surface area contributed by atoms with Gasteiger partial charge in [0, 0.05) is 0 Å². The number of carbonyl (C=O) groups is 1. The molecule has 0 radical (unpaired) electrons. The molecule has 2 bridgehead atoms. The Bertz CT molecular complexity index is 232. The lowest BCUT2D eigenvalue weighted by molar-refractivity contribution is -0.145. The summed E-state index contributed by atoms with van der Waals surface area (Å²) >= 11 is 0. The minimum atomic E-state index is 0.0918. The van der Waals surface area contributed by atoms with Crippen LogP contribution in [0.2, 0.25) is 0 Å². The summed E-state index contributed by atoms with van der Waals surface area (Å²) in [6, 6.07) is 0. The molecule has 0 heterocycles. The predicted octanol–water partition coefficient (Wildman–Crippen LogP) is 1.84. The summed E-state index contributed by atoms with van der Waals surface area (Å²) in [5.74, 6) is 3.63. The van der Waals surface area contributed by atoms with Gasteiger partial charge >= 0.3 is 5.97 Å². The van der Waals surface area contributed by atoms with Gasteiger partial charge in [-0.15, -0.1) is 0 Å². The standard InChI is InChI=1S/C11H16O2/c1-2-13-11(12)10-8-6-3-4-7(5-6)9(8)10/h6-10H,2-5H2,1H3/t6-,7-,8-,9+,10?/m0/s1. The molecule has 0 saturated heterocycles. The van der Waals surface area contributed by atoms with Gasteiger partial charge in [-0.25, -0.2) is 0 Å². The summed E-state index contributed by atoms with van der Waals surface area (Å²) in [6.07, 6.45) is 4.16. The molecule has 3 aliphatic rings. The van der Waals surface area contributed by atoms with Gasteiger partial charge < -0.3 is 4.74 Å². The van der Waals surface area contributed by atoms with E-state index in [2.05, 4.69) is 0 Å². The van der Waals surface area contributed by atoms with E-state index in [1.54, 1.807) is 0 Å². The van der Waals surface area contributed by atoms with Crippen LogP contribution in [0.4, 0.5) is 0 Å². The Balaban J connectivity index is 1.69. The molecule has 3 saturated carbocycles.